The number of hydrogen-bond acceptors (Lipinski definition) is 5. The summed E-state index contributed by atoms with van der Waals surface area (Å²) in [5, 5.41) is 12.4. The number of carboxylic acid groups (broad SMARTS) is 1. The van der Waals surface area contributed by atoms with Crippen molar-refractivity contribution in [3.63, 3.8) is 0 Å². The van der Waals surface area contributed by atoms with Crippen molar-refractivity contribution < 1.29 is 29.0 Å². The molecule has 0 spiro atoms. The monoisotopic (exact) mass is 467 g/mol. The lowest BCUT2D eigenvalue weighted by atomic mass is 9.65. The number of esters is 1. The summed E-state index contributed by atoms with van der Waals surface area (Å²) in [5.74, 6) is -1.71. The van der Waals surface area contributed by atoms with Gasteiger partial charge in [-0.05, 0) is 41.5 Å². The minimum Gasteiger partial charge on any atom is -0.489 e. The van der Waals surface area contributed by atoms with Gasteiger partial charge in [-0.25, -0.2) is 4.79 Å². The Labute approximate surface area is 200 Å². The highest BCUT2D eigenvalue weighted by Crippen LogP contribution is 2.56. The molecule has 1 aliphatic rings. The molecule has 2 N–H and O–H groups in total. The van der Waals surface area contributed by atoms with Gasteiger partial charge in [0.1, 0.15) is 18.4 Å². The van der Waals surface area contributed by atoms with E-state index in [4.69, 9.17) is 9.47 Å². The zero-order chi connectivity index (χ0) is 24.9. The molecule has 1 saturated carbocycles. The van der Waals surface area contributed by atoms with Gasteiger partial charge in [-0.1, -0.05) is 63.2 Å². The van der Waals surface area contributed by atoms with Crippen LogP contribution in [0.15, 0.2) is 54.6 Å². The maximum absolute atomic E-state index is 13.3. The van der Waals surface area contributed by atoms with Gasteiger partial charge in [0.15, 0.2) is 0 Å². The highest BCUT2D eigenvalue weighted by molar-refractivity contribution is 5.90. The van der Waals surface area contributed by atoms with Crippen LogP contribution in [0.3, 0.4) is 0 Å². The van der Waals surface area contributed by atoms with Gasteiger partial charge in [-0.2, -0.15) is 0 Å². The topological polar surface area (TPSA) is 102 Å². The van der Waals surface area contributed by atoms with E-state index in [1.165, 1.54) is 7.11 Å². The summed E-state index contributed by atoms with van der Waals surface area (Å²) in [7, 11) is 1.28. The molecule has 0 aromatic heterocycles. The van der Waals surface area contributed by atoms with Crippen molar-refractivity contribution >= 4 is 17.8 Å². The summed E-state index contributed by atoms with van der Waals surface area (Å²) in [4.78, 5) is 37.5. The lowest BCUT2D eigenvalue weighted by Crippen LogP contribution is -2.53. The Bertz CT molecular complexity index is 1020. The second-order valence-electron chi connectivity index (χ2n) is 9.65. The normalized spacial score (nSPS) is 21.9. The largest absolute Gasteiger partial charge is 0.489 e. The Hall–Kier alpha value is -3.35. The van der Waals surface area contributed by atoms with Crippen molar-refractivity contribution in [2.75, 3.05) is 7.11 Å². The minimum atomic E-state index is -0.919. The fraction of sp³-hybridized carbons (Fsp3) is 0.444. The summed E-state index contributed by atoms with van der Waals surface area (Å²) in [6, 6.07) is 16.3. The van der Waals surface area contributed by atoms with E-state index in [0.29, 0.717) is 25.2 Å². The number of rotatable bonds is 9. The van der Waals surface area contributed by atoms with Gasteiger partial charge < -0.3 is 19.9 Å². The smallest absolute Gasteiger partial charge is 0.328 e. The summed E-state index contributed by atoms with van der Waals surface area (Å²) in [5.41, 5.74) is 0.217. The van der Waals surface area contributed by atoms with Gasteiger partial charge in [0.2, 0.25) is 5.91 Å². The van der Waals surface area contributed by atoms with Crippen molar-refractivity contribution in [2.45, 2.75) is 52.7 Å². The molecule has 0 heterocycles. The molecule has 0 bridgehead atoms. The standard InChI is InChI=1S/C27H33NO6/c1-26(2)21(23(29)30)14-15-27(26,3)25(32)28-22(24(31)33-4)16-18-10-12-20(13-11-18)34-17-19-8-6-5-7-9-19/h5-13,21-22H,14-17H2,1-4H3,(H,28,32)(H,29,30)/t21-,22+,27+/m1/s1. The highest BCUT2D eigenvalue weighted by Gasteiger charge is 2.58. The molecule has 1 aliphatic carbocycles. The maximum Gasteiger partial charge on any atom is 0.328 e. The lowest BCUT2D eigenvalue weighted by Gasteiger charge is -2.39. The number of carboxylic acids is 1. The van der Waals surface area contributed by atoms with Gasteiger partial charge >= 0.3 is 11.9 Å². The van der Waals surface area contributed by atoms with E-state index in [2.05, 4.69) is 5.32 Å². The molecule has 2 aromatic carbocycles. The predicted molar refractivity (Wildman–Crippen MR) is 127 cm³/mol. The van der Waals surface area contributed by atoms with Crippen molar-refractivity contribution in [1.29, 1.82) is 0 Å². The zero-order valence-corrected chi connectivity index (χ0v) is 20.2. The van der Waals surface area contributed by atoms with E-state index in [-0.39, 0.29) is 12.3 Å². The third-order valence-corrected chi connectivity index (χ3v) is 7.43. The van der Waals surface area contributed by atoms with Crippen LogP contribution >= 0.6 is 0 Å². The van der Waals surface area contributed by atoms with E-state index >= 15 is 0 Å². The zero-order valence-electron chi connectivity index (χ0n) is 20.2. The number of carbonyl (C=O) groups is 3. The second kappa shape index (κ2) is 10.3. The quantitative estimate of drug-likeness (QED) is 0.541. The minimum absolute atomic E-state index is 0.246. The molecule has 182 valence electrons. The number of ether oxygens (including phenoxy) is 2. The molecule has 2 aromatic rings. The number of amides is 1. The average Bonchev–Trinajstić information content (AvgIpc) is 3.07. The van der Waals surface area contributed by atoms with Gasteiger partial charge in [0.25, 0.3) is 0 Å². The van der Waals surface area contributed by atoms with E-state index in [9.17, 15) is 19.5 Å². The fourth-order valence-electron chi connectivity index (χ4n) is 4.69. The molecule has 7 nitrogen and oxygen atoms in total. The molecule has 0 aliphatic heterocycles. The van der Waals surface area contributed by atoms with Crippen LogP contribution in [0.5, 0.6) is 5.75 Å². The van der Waals surface area contributed by atoms with Crippen molar-refractivity contribution in [1.82, 2.24) is 5.32 Å². The number of benzene rings is 2. The Morgan fingerprint density at radius 2 is 1.68 bits per heavy atom. The second-order valence-corrected chi connectivity index (χ2v) is 9.65. The summed E-state index contributed by atoms with van der Waals surface area (Å²) < 4.78 is 10.7. The summed E-state index contributed by atoms with van der Waals surface area (Å²) in [6.45, 7) is 5.84. The average molecular weight is 468 g/mol. The third kappa shape index (κ3) is 5.24. The van der Waals surface area contributed by atoms with E-state index < -0.39 is 34.7 Å². The molecule has 1 fully saturated rings. The first-order valence-electron chi connectivity index (χ1n) is 11.5. The highest BCUT2D eigenvalue weighted by atomic mass is 16.5. The molecule has 7 heteroatoms. The first-order chi connectivity index (χ1) is 16.1. The molecular formula is C27H33NO6. The molecular weight excluding hydrogens is 434 g/mol. The van der Waals surface area contributed by atoms with Crippen LogP contribution in [0.2, 0.25) is 0 Å². The van der Waals surface area contributed by atoms with Crippen LogP contribution in [-0.4, -0.2) is 36.1 Å². The number of methoxy groups -OCH3 is 1. The van der Waals surface area contributed by atoms with E-state index in [1.54, 1.807) is 20.8 Å². The van der Waals surface area contributed by atoms with Gasteiger partial charge in [-0.3, -0.25) is 9.59 Å². The molecule has 3 atom stereocenters. The number of hydrogen-bond donors (Lipinski definition) is 2. The molecule has 0 unspecified atom stereocenters. The number of aliphatic carboxylic acids is 1. The van der Waals surface area contributed by atoms with Crippen LogP contribution < -0.4 is 10.1 Å². The van der Waals surface area contributed by atoms with Crippen molar-refractivity contribution in [3.8, 4) is 5.75 Å². The van der Waals surface area contributed by atoms with Crippen LogP contribution in [0, 0.1) is 16.7 Å². The summed E-state index contributed by atoms with van der Waals surface area (Å²) >= 11 is 0. The van der Waals surface area contributed by atoms with E-state index in [0.717, 1.165) is 11.1 Å². The van der Waals surface area contributed by atoms with Gasteiger partial charge in [0, 0.05) is 6.42 Å². The van der Waals surface area contributed by atoms with Gasteiger partial charge in [0.05, 0.1) is 18.4 Å². The van der Waals surface area contributed by atoms with Crippen molar-refractivity contribution in [2.24, 2.45) is 16.7 Å². The first kappa shape index (κ1) is 25.3. The fourth-order valence-corrected chi connectivity index (χ4v) is 4.69. The van der Waals surface area contributed by atoms with Crippen LogP contribution in [0.1, 0.15) is 44.7 Å². The van der Waals surface area contributed by atoms with Crippen molar-refractivity contribution in [3.05, 3.63) is 65.7 Å². The Morgan fingerprint density at radius 1 is 1.03 bits per heavy atom. The summed E-state index contributed by atoms with van der Waals surface area (Å²) in [6.07, 6.45) is 1.10. The SMILES string of the molecule is COC(=O)[C@H](Cc1ccc(OCc2ccccc2)cc1)NC(=O)[C@]1(C)CC[C@H](C(=O)O)C1(C)C. The predicted octanol–water partition coefficient (Wildman–Crippen LogP) is 3.99. The Balaban J connectivity index is 1.67. The molecule has 0 radical (unpaired) electrons. The lowest BCUT2D eigenvalue weighted by molar-refractivity contribution is -0.152. The first-order valence-corrected chi connectivity index (χ1v) is 11.5. The molecule has 3 rings (SSSR count). The van der Waals surface area contributed by atoms with Crippen LogP contribution in [-0.2, 0) is 32.1 Å². The van der Waals surface area contributed by atoms with Crippen LogP contribution in [0.25, 0.3) is 0 Å². The number of carbonyl (C=O) groups excluding carboxylic acids is 2. The van der Waals surface area contributed by atoms with Gasteiger partial charge in [-0.15, -0.1) is 0 Å². The van der Waals surface area contributed by atoms with Crippen LogP contribution in [0.4, 0.5) is 0 Å². The molecule has 0 saturated heterocycles. The Morgan fingerprint density at radius 3 is 2.24 bits per heavy atom. The number of nitrogens with one attached hydrogen (secondary N) is 1. The molecule has 34 heavy (non-hydrogen) atoms. The maximum atomic E-state index is 13.3. The molecule has 1 amide bonds. The Kier molecular flexibility index (Phi) is 7.64. The third-order valence-electron chi connectivity index (χ3n) is 7.43. The van der Waals surface area contributed by atoms with E-state index in [1.807, 2.05) is 54.6 Å².